The molecule has 1 atom stereocenters. The third-order valence-electron chi connectivity index (χ3n) is 3.10. The third kappa shape index (κ3) is 3.49. The van der Waals surface area contributed by atoms with Crippen molar-refractivity contribution >= 4 is 17.6 Å². The number of nitrogens with zero attached hydrogens (tertiary/aromatic N) is 4. The van der Waals surface area contributed by atoms with E-state index in [0.29, 0.717) is 11.4 Å². The van der Waals surface area contributed by atoms with Crippen molar-refractivity contribution in [2.45, 2.75) is 13.0 Å². The summed E-state index contributed by atoms with van der Waals surface area (Å²) in [5.41, 5.74) is 1.29. The monoisotopic (exact) mass is 272 g/mol. The van der Waals surface area contributed by atoms with Gasteiger partial charge in [-0.15, -0.1) is 0 Å². The number of morpholine rings is 1. The number of anilines is 1. The van der Waals surface area contributed by atoms with E-state index in [1.54, 1.807) is 0 Å². The second-order valence-electron chi connectivity index (χ2n) is 5.09. The number of hydrogen-bond acceptors (Lipinski definition) is 4. The topological polar surface area (TPSA) is 33.0 Å². The summed E-state index contributed by atoms with van der Waals surface area (Å²) in [5, 5.41) is 0. The molecule has 0 saturated carbocycles. The summed E-state index contributed by atoms with van der Waals surface area (Å²) in [6.07, 6.45) is 4.00. The summed E-state index contributed by atoms with van der Waals surface area (Å²) in [7, 11) is 3.89. The highest BCUT2D eigenvalue weighted by Crippen LogP contribution is 2.24. The zero-order valence-corrected chi connectivity index (χ0v) is 12.2. The summed E-state index contributed by atoms with van der Waals surface area (Å²) >= 11 is 0. The smallest absolute Gasteiger partial charge is 0.212 e. The number of rotatable bonds is 3. The summed E-state index contributed by atoms with van der Waals surface area (Å²) < 4.78 is 5.55. The fourth-order valence-electron chi connectivity index (χ4n) is 2.10. The minimum absolute atomic E-state index is 0.215. The van der Waals surface area contributed by atoms with E-state index in [1.807, 2.05) is 43.4 Å². The van der Waals surface area contributed by atoms with Gasteiger partial charge in [0.1, 0.15) is 5.82 Å². The molecule has 2 heterocycles. The molecule has 0 amide bonds. The molecule has 1 aliphatic rings. The van der Waals surface area contributed by atoms with Crippen molar-refractivity contribution in [3.05, 3.63) is 35.4 Å². The fraction of sp³-hybridized carbons (Fsp3) is 0.467. The number of ether oxygens (including phenoxy) is 1. The lowest BCUT2D eigenvalue weighted by atomic mass is 10.2. The zero-order chi connectivity index (χ0) is 14.5. The van der Waals surface area contributed by atoms with Gasteiger partial charge >= 0.3 is 0 Å². The van der Waals surface area contributed by atoms with Crippen LogP contribution in [0.1, 0.15) is 12.6 Å². The SMILES string of the molecule is [C-]#[N+]c1ccc(N2CCO[C@H](C)C2)nc1/C=C/N(C)C. The van der Waals surface area contributed by atoms with Crippen LogP contribution in [0.4, 0.5) is 11.5 Å². The lowest BCUT2D eigenvalue weighted by molar-refractivity contribution is 0.0529. The van der Waals surface area contributed by atoms with E-state index in [0.717, 1.165) is 25.5 Å². The molecule has 0 aromatic carbocycles. The maximum atomic E-state index is 7.22. The van der Waals surface area contributed by atoms with Gasteiger partial charge in [-0.05, 0) is 25.3 Å². The van der Waals surface area contributed by atoms with Gasteiger partial charge < -0.3 is 14.5 Å². The van der Waals surface area contributed by atoms with Crippen molar-refractivity contribution in [2.75, 3.05) is 38.7 Å². The molecule has 20 heavy (non-hydrogen) atoms. The van der Waals surface area contributed by atoms with E-state index in [4.69, 9.17) is 11.3 Å². The zero-order valence-electron chi connectivity index (χ0n) is 12.2. The molecule has 1 aromatic rings. The molecule has 0 radical (unpaired) electrons. The molecular weight excluding hydrogens is 252 g/mol. The summed E-state index contributed by atoms with van der Waals surface area (Å²) in [5.74, 6) is 0.908. The van der Waals surface area contributed by atoms with E-state index in [9.17, 15) is 0 Å². The van der Waals surface area contributed by atoms with Crippen molar-refractivity contribution < 1.29 is 4.74 Å². The Kier molecular flexibility index (Phi) is 4.59. The van der Waals surface area contributed by atoms with Crippen LogP contribution in [-0.4, -0.2) is 49.8 Å². The first-order valence-electron chi connectivity index (χ1n) is 6.70. The van der Waals surface area contributed by atoms with Gasteiger partial charge in [-0.2, -0.15) is 0 Å². The van der Waals surface area contributed by atoms with Gasteiger partial charge in [-0.3, -0.25) is 0 Å². The number of hydrogen-bond donors (Lipinski definition) is 0. The molecular formula is C15H20N4O. The van der Waals surface area contributed by atoms with Crippen molar-refractivity contribution in [1.29, 1.82) is 0 Å². The molecule has 0 spiro atoms. The van der Waals surface area contributed by atoms with Crippen molar-refractivity contribution in [1.82, 2.24) is 9.88 Å². The van der Waals surface area contributed by atoms with E-state index in [-0.39, 0.29) is 6.10 Å². The highest BCUT2D eigenvalue weighted by molar-refractivity contribution is 5.66. The fourth-order valence-corrected chi connectivity index (χ4v) is 2.10. The van der Waals surface area contributed by atoms with Gasteiger partial charge in [0, 0.05) is 27.2 Å². The Hall–Kier alpha value is -2.06. The largest absolute Gasteiger partial charge is 0.383 e. The van der Waals surface area contributed by atoms with E-state index < -0.39 is 0 Å². The average molecular weight is 272 g/mol. The Balaban J connectivity index is 2.27. The lowest BCUT2D eigenvalue weighted by Gasteiger charge is -2.32. The summed E-state index contributed by atoms with van der Waals surface area (Å²) in [6, 6.07) is 3.75. The molecule has 0 unspecified atom stereocenters. The Bertz CT molecular complexity index is 533. The summed E-state index contributed by atoms with van der Waals surface area (Å²) in [6.45, 7) is 11.7. The van der Waals surface area contributed by atoms with E-state index in [1.165, 1.54) is 0 Å². The van der Waals surface area contributed by atoms with Crippen LogP contribution in [0.15, 0.2) is 18.3 Å². The predicted molar refractivity (Wildman–Crippen MR) is 80.8 cm³/mol. The normalized spacial score (nSPS) is 19.1. The Labute approximate surface area is 120 Å². The second-order valence-corrected chi connectivity index (χ2v) is 5.09. The van der Waals surface area contributed by atoms with E-state index >= 15 is 0 Å². The van der Waals surface area contributed by atoms with Crippen LogP contribution in [0.5, 0.6) is 0 Å². The number of pyridine rings is 1. The molecule has 5 nitrogen and oxygen atoms in total. The highest BCUT2D eigenvalue weighted by Gasteiger charge is 2.18. The van der Waals surface area contributed by atoms with Gasteiger partial charge in [0.25, 0.3) is 0 Å². The number of aromatic nitrogens is 1. The average Bonchev–Trinajstić information content (AvgIpc) is 2.44. The first-order chi connectivity index (χ1) is 9.60. The maximum Gasteiger partial charge on any atom is 0.212 e. The first kappa shape index (κ1) is 14.4. The van der Waals surface area contributed by atoms with Crippen LogP contribution in [0.25, 0.3) is 10.9 Å². The predicted octanol–water partition coefficient (Wildman–Crippen LogP) is 2.39. The Morgan fingerprint density at radius 3 is 2.95 bits per heavy atom. The molecule has 1 fully saturated rings. The third-order valence-corrected chi connectivity index (χ3v) is 3.10. The van der Waals surface area contributed by atoms with Crippen LogP contribution in [0.2, 0.25) is 0 Å². The Morgan fingerprint density at radius 1 is 1.50 bits per heavy atom. The molecule has 2 rings (SSSR count). The minimum Gasteiger partial charge on any atom is -0.383 e. The first-order valence-corrected chi connectivity index (χ1v) is 6.70. The van der Waals surface area contributed by atoms with Gasteiger partial charge in [-0.1, -0.05) is 6.07 Å². The van der Waals surface area contributed by atoms with Crippen LogP contribution in [0, 0.1) is 6.57 Å². The second kappa shape index (κ2) is 6.40. The molecule has 1 aliphatic heterocycles. The Morgan fingerprint density at radius 2 is 2.30 bits per heavy atom. The lowest BCUT2D eigenvalue weighted by Crippen LogP contribution is -2.41. The molecule has 0 bridgehead atoms. The highest BCUT2D eigenvalue weighted by atomic mass is 16.5. The van der Waals surface area contributed by atoms with Gasteiger partial charge in [0.2, 0.25) is 5.69 Å². The van der Waals surface area contributed by atoms with Crippen molar-refractivity contribution in [2.24, 2.45) is 0 Å². The maximum absolute atomic E-state index is 7.22. The summed E-state index contributed by atoms with van der Waals surface area (Å²) in [4.78, 5) is 12.3. The molecule has 1 aromatic heterocycles. The van der Waals surface area contributed by atoms with Gasteiger partial charge in [0.05, 0.1) is 25.0 Å². The quantitative estimate of drug-likeness (QED) is 0.791. The molecule has 5 heteroatoms. The molecule has 106 valence electrons. The van der Waals surface area contributed by atoms with Crippen LogP contribution < -0.4 is 4.90 Å². The van der Waals surface area contributed by atoms with Gasteiger partial charge in [0.15, 0.2) is 0 Å². The molecule has 0 N–H and O–H groups in total. The van der Waals surface area contributed by atoms with Crippen LogP contribution in [-0.2, 0) is 4.74 Å². The van der Waals surface area contributed by atoms with Gasteiger partial charge in [-0.25, -0.2) is 9.83 Å². The van der Waals surface area contributed by atoms with Crippen molar-refractivity contribution in [3.8, 4) is 0 Å². The van der Waals surface area contributed by atoms with E-state index in [2.05, 4.69) is 21.7 Å². The van der Waals surface area contributed by atoms with Crippen LogP contribution in [0.3, 0.4) is 0 Å². The van der Waals surface area contributed by atoms with Crippen molar-refractivity contribution in [3.63, 3.8) is 0 Å². The minimum atomic E-state index is 0.215. The molecule has 0 aliphatic carbocycles. The molecule has 1 saturated heterocycles. The van der Waals surface area contributed by atoms with Crippen LogP contribution >= 0.6 is 0 Å². The standard InChI is InChI=1S/C15H20N4O/c1-12-11-19(9-10-20-12)15-6-5-13(16-2)14(17-15)7-8-18(3)4/h5-8,12H,9-11H2,1,3-4H3/b8-7+/t12-/m1/s1.